The number of hydrogen-bond acceptors (Lipinski definition) is 3. The van der Waals surface area contributed by atoms with Gasteiger partial charge in [0.2, 0.25) is 0 Å². The van der Waals surface area contributed by atoms with Crippen LogP contribution in [-0.4, -0.2) is 15.9 Å². The summed E-state index contributed by atoms with van der Waals surface area (Å²) in [5, 5.41) is 2.78. The predicted molar refractivity (Wildman–Crippen MR) is 56.0 cm³/mol. The molecule has 1 aliphatic carbocycles. The average molecular weight is 201 g/mol. The molecule has 1 aliphatic rings. The van der Waals surface area contributed by atoms with Gasteiger partial charge in [-0.25, -0.2) is 9.97 Å². The van der Waals surface area contributed by atoms with Gasteiger partial charge in [0, 0.05) is 11.9 Å². The minimum atomic E-state index is -0.199. The zero-order chi connectivity index (χ0) is 10.5. The summed E-state index contributed by atoms with van der Waals surface area (Å²) in [6.45, 7) is 0. The summed E-state index contributed by atoms with van der Waals surface area (Å²) in [4.78, 5) is 19.3. The van der Waals surface area contributed by atoms with E-state index in [2.05, 4.69) is 15.3 Å². The molecule has 1 N–H and O–H groups in total. The molecule has 1 aromatic rings. The molecule has 4 nitrogen and oxygen atoms in total. The molecular weight excluding hydrogens is 190 g/mol. The van der Waals surface area contributed by atoms with Gasteiger partial charge in [-0.15, -0.1) is 0 Å². The largest absolute Gasteiger partial charge is 0.321 e. The lowest BCUT2D eigenvalue weighted by Gasteiger charge is -2.08. The molecule has 1 heterocycles. The van der Waals surface area contributed by atoms with Crippen LogP contribution in [0.3, 0.4) is 0 Å². The Hall–Kier alpha value is -1.97. The van der Waals surface area contributed by atoms with E-state index in [4.69, 9.17) is 0 Å². The molecule has 0 aliphatic heterocycles. The first-order chi connectivity index (χ1) is 7.36. The highest BCUT2D eigenvalue weighted by Crippen LogP contribution is 2.07. The van der Waals surface area contributed by atoms with Crippen molar-refractivity contribution in [3.8, 4) is 0 Å². The fourth-order valence-corrected chi connectivity index (χ4v) is 1.33. The van der Waals surface area contributed by atoms with Gasteiger partial charge in [0.15, 0.2) is 0 Å². The third-order valence-corrected chi connectivity index (χ3v) is 2.07. The van der Waals surface area contributed by atoms with Crippen molar-refractivity contribution in [3.63, 3.8) is 0 Å². The topological polar surface area (TPSA) is 54.9 Å². The van der Waals surface area contributed by atoms with Crippen LogP contribution in [0.2, 0.25) is 0 Å². The number of allylic oxidation sites excluding steroid dienone is 3. The second-order valence-electron chi connectivity index (χ2n) is 3.19. The van der Waals surface area contributed by atoms with Crippen LogP contribution in [0.5, 0.6) is 0 Å². The van der Waals surface area contributed by atoms with Gasteiger partial charge in [-0.05, 0) is 25.0 Å². The molecule has 0 bridgehead atoms. The van der Waals surface area contributed by atoms with Crippen molar-refractivity contribution in [2.24, 2.45) is 0 Å². The van der Waals surface area contributed by atoms with Gasteiger partial charge < -0.3 is 5.32 Å². The van der Waals surface area contributed by atoms with Crippen LogP contribution in [0.4, 0.5) is 0 Å². The van der Waals surface area contributed by atoms with Gasteiger partial charge in [-0.2, -0.15) is 0 Å². The van der Waals surface area contributed by atoms with E-state index >= 15 is 0 Å². The van der Waals surface area contributed by atoms with Gasteiger partial charge in [0.25, 0.3) is 5.91 Å². The normalized spacial score (nSPS) is 14.5. The minimum absolute atomic E-state index is 0.199. The average Bonchev–Trinajstić information content (AvgIpc) is 2.31. The number of nitrogens with one attached hydrogen (secondary N) is 1. The molecule has 0 saturated carbocycles. The van der Waals surface area contributed by atoms with Crippen molar-refractivity contribution in [1.29, 1.82) is 0 Å². The van der Waals surface area contributed by atoms with Crippen LogP contribution in [-0.2, 0) is 0 Å². The molecule has 0 fully saturated rings. The first-order valence-corrected chi connectivity index (χ1v) is 4.80. The Balaban J connectivity index is 2.04. The number of carbonyl (C=O) groups is 1. The Kier molecular flexibility index (Phi) is 2.88. The third-order valence-electron chi connectivity index (χ3n) is 2.07. The number of carbonyl (C=O) groups excluding carboxylic acids is 1. The molecule has 0 spiro atoms. The Labute approximate surface area is 87.8 Å². The zero-order valence-electron chi connectivity index (χ0n) is 8.18. The highest BCUT2D eigenvalue weighted by atomic mass is 16.1. The Bertz CT molecular complexity index is 409. The highest BCUT2D eigenvalue weighted by Gasteiger charge is 2.07. The smallest absolute Gasteiger partial charge is 0.274 e. The molecule has 0 radical (unpaired) electrons. The molecule has 0 atom stereocenters. The van der Waals surface area contributed by atoms with Gasteiger partial charge in [0.1, 0.15) is 12.0 Å². The van der Waals surface area contributed by atoms with Gasteiger partial charge in [-0.3, -0.25) is 4.79 Å². The van der Waals surface area contributed by atoms with Crippen LogP contribution in [0, 0.1) is 0 Å². The zero-order valence-corrected chi connectivity index (χ0v) is 8.18. The minimum Gasteiger partial charge on any atom is -0.321 e. The standard InChI is InChI=1S/C11H11N3O/c15-11(10-6-7-12-8-13-10)14-9-4-2-1-3-5-9/h2,4-8H,1,3H2,(H,14,15). The first kappa shape index (κ1) is 9.58. The summed E-state index contributed by atoms with van der Waals surface area (Å²) in [6, 6.07) is 1.59. The van der Waals surface area contributed by atoms with E-state index < -0.39 is 0 Å². The summed E-state index contributed by atoms with van der Waals surface area (Å²) in [5.41, 5.74) is 1.22. The maximum Gasteiger partial charge on any atom is 0.274 e. The molecule has 1 aromatic heterocycles. The van der Waals surface area contributed by atoms with E-state index in [1.807, 2.05) is 18.2 Å². The Morgan fingerprint density at radius 3 is 3.00 bits per heavy atom. The fraction of sp³-hybridized carbons (Fsp3) is 0.182. The van der Waals surface area contributed by atoms with E-state index in [1.54, 1.807) is 12.3 Å². The van der Waals surface area contributed by atoms with Crippen LogP contribution < -0.4 is 5.32 Å². The maximum absolute atomic E-state index is 11.6. The quantitative estimate of drug-likeness (QED) is 0.787. The number of aromatic nitrogens is 2. The van der Waals surface area contributed by atoms with E-state index in [0.29, 0.717) is 5.69 Å². The lowest BCUT2D eigenvalue weighted by atomic mass is 10.1. The molecule has 15 heavy (non-hydrogen) atoms. The first-order valence-electron chi connectivity index (χ1n) is 4.80. The predicted octanol–water partition coefficient (Wildman–Crippen LogP) is 1.44. The lowest BCUT2D eigenvalue weighted by Crippen LogP contribution is -2.23. The second kappa shape index (κ2) is 4.50. The molecule has 0 saturated heterocycles. The van der Waals surface area contributed by atoms with Crippen molar-refractivity contribution in [2.75, 3.05) is 0 Å². The van der Waals surface area contributed by atoms with E-state index in [-0.39, 0.29) is 5.91 Å². The summed E-state index contributed by atoms with van der Waals surface area (Å²) >= 11 is 0. The van der Waals surface area contributed by atoms with Gasteiger partial charge in [0.05, 0.1) is 0 Å². The summed E-state index contributed by atoms with van der Waals surface area (Å²) in [7, 11) is 0. The van der Waals surface area contributed by atoms with Crippen LogP contribution in [0.15, 0.2) is 42.5 Å². The van der Waals surface area contributed by atoms with E-state index in [1.165, 1.54) is 6.33 Å². The lowest BCUT2D eigenvalue weighted by molar-refractivity contribution is 0.0962. The highest BCUT2D eigenvalue weighted by molar-refractivity contribution is 5.93. The molecule has 76 valence electrons. The van der Waals surface area contributed by atoms with Crippen molar-refractivity contribution in [3.05, 3.63) is 48.2 Å². The molecule has 1 amide bonds. The fourth-order valence-electron chi connectivity index (χ4n) is 1.33. The SMILES string of the molecule is O=C(NC1=CCCC=C1)c1ccncn1. The molecule has 0 aromatic carbocycles. The molecule has 0 unspecified atom stereocenters. The van der Waals surface area contributed by atoms with Crippen LogP contribution in [0.25, 0.3) is 0 Å². The van der Waals surface area contributed by atoms with E-state index in [0.717, 1.165) is 18.5 Å². The summed E-state index contributed by atoms with van der Waals surface area (Å²) in [6.07, 6.45) is 10.9. The monoisotopic (exact) mass is 201 g/mol. The molecule has 4 heteroatoms. The van der Waals surface area contributed by atoms with Gasteiger partial charge >= 0.3 is 0 Å². The Morgan fingerprint density at radius 2 is 2.33 bits per heavy atom. The van der Waals surface area contributed by atoms with Crippen LogP contribution in [0.1, 0.15) is 23.3 Å². The van der Waals surface area contributed by atoms with Crippen molar-refractivity contribution >= 4 is 5.91 Å². The Morgan fingerprint density at radius 1 is 1.40 bits per heavy atom. The second-order valence-corrected chi connectivity index (χ2v) is 3.19. The molecule has 2 rings (SSSR count). The molecular formula is C11H11N3O. The van der Waals surface area contributed by atoms with Crippen molar-refractivity contribution < 1.29 is 4.79 Å². The number of rotatable bonds is 2. The number of hydrogen-bond donors (Lipinski definition) is 1. The van der Waals surface area contributed by atoms with E-state index in [9.17, 15) is 4.79 Å². The summed E-state index contributed by atoms with van der Waals surface area (Å²) < 4.78 is 0. The number of amides is 1. The maximum atomic E-state index is 11.6. The summed E-state index contributed by atoms with van der Waals surface area (Å²) in [5.74, 6) is -0.199. The van der Waals surface area contributed by atoms with Crippen LogP contribution >= 0.6 is 0 Å². The van der Waals surface area contributed by atoms with Gasteiger partial charge in [-0.1, -0.05) is 12.2 Å². The third kappa shape index (κ3) is 2.49. The van der Waals surface area contributed by atoms with Crippen molar-refractivity contribution in [1.82, 2.24) is 15.3 Å². The van der Waals surface area contributed by atoms with Crippen molar-refractivity contribution in [2.45, 2.75) is 12.8 Å². The number of nitrogens with zero attached hydrogens (tertiary/aromatic N) is 2.